The van der Waals surface area contributed by atoms with Crippen molar-refractivity contribution >= 4 is 27.8 Å². The Morgan fingerprint density at radius 1 is 1.11 bits per heavy atom. The summed E-state index contributed by atoms with van der Waals surface area (Å²) < 4.78 is 12.0. The molecule has 2 heterocycles. The summed E-state index contributed by atoms with van der Waals surface area (Å²) in [5, 5.41) is 1.17. The van der Waals surface area contributed by atoms with E-state index >= 15 is 0 Å². The van der Waals surface area contributed by atoms with Crippen LogP contribution in [0.25, 0.3) is 21.9 Å². The minimum Gasteiger partial charge on any atom is -0.486 e. The van der Waals surface area contributed by atoms with Gasteiger partial charge >= 0.3 is 5.63 Å². The van der Waals surface area contributed by atoms with E-state index in [1.807, 2.05) is 6.92 Å². The van der Waals surface area contributed by atoms with Gasteiger partial charge in [-0.3, -0.25) is 9.59 Å². The predicted molar refractivity (Wildman–Crippen MR) is 104 cm³/mol. The topological polar surface area (TPSA) is 91.4 Å². The highest BCUT2D eigenvalue weighted by molar-refractivity contribution is 5.83. The smallest absolute Gasteiger partial charge is 0.336 e. The lowest BCUT2D eigenvalue weighted by Crippen LogP contribution is -2.30. The monoisotopic (exact) mass is 376 g/mol. The van der Waals surface area contributed by atoms with Crippen molar-refractivity contribution in [3.05, 3.63) is 80.7 Å². The number of benzene rings is 2. The summed E-state index contributed by atoms with van der Waals surface area (Å²) in [7, 11) is 0. The Hall–Kier alpha value is -3.74. The van der Waals surface area contributed by atoms with Gasteiger partial charge in [-0.1, -0.05) is 12.1 Å². The fourth-order valence-corrected chi connectivity index (χ4v) is 3.14. The summed E-state index contributed by atoms with van der Waals surface area (Å²) in [6, 6.07) is 13.4. The first kappa shape index (κ1) is 17.7. The van der Waals surface area contributed by atoms with Crippen LogP contribution in [0.4, 0.5) is 0 Å². The van der Waals surface area contributed by atoms with Crippen LogP contribution in [0, 0.1) is 6.92 Å². The third-order valence-corrected chi connectivity index (χ3v) is 4.45. The zero-order valence-electron chi connectivity index (χ0n) is 15.3. The number of carbonyl (C=O) groups is 1. The summed E-state index contributed by atoms with van der Waals surface area (Å²) in [6.07, 6.45) is 0. The number of aromatic nitrogens is 2. The molecule has 0 aliphatic carbocycles. The maximum Gasteiger partial charge on any atom is 0.336 e. The molecular weight excluding hydrogens is 360 g/mol. The van der Waals surface area contributed by atoms with Crippen molar-refractivity contribution < 1.29 is 13.9 Å². The summed E-state index contributed by atoms with van der Waals surface area (Å²) in [5.41, 5.74) is 0.821. The average Bonchev–Trinajstić information content (AvgIpc) is 2.65. The summed E-state index contributed by atoms with van der Waals surface area (Å²) in [5.74, 6) is 0.183. The van der Waals surface area contributed by atoms with E-state index in [2.05, 4.69) is 4.98 Å². The molecule has 140 valence electrons. The standard InChI is InChI=1S/C21H16N2O5/c1-12-9-20(25)28-18-10-14(7-8-15(12)18)27-11-19-22-17-6-4-3-5-16(17)21(26)23(19)13(2)24/h3-10H,11H2,1-2H3. The zero-order chi connectivity index (χ0) is 19.8. The highest BCUT2D eigenvalue weighted by Crippen LogP contribution is 2.23. The van der Waals surface area contributed by atoms with Gasteiger partial charge in [0.15, 0.2) is 5.82 Å². The molecule has 2 aromatic carbocycles. The van der Waals surface area contributed by atoms with Gasteiger partial charge in [-0.25, -0.2) is 14.3 Å². The minimum atomic E-state index is -0.443. The van der Waals surface area contributed by atoms with Crippen LogP contribution in [0.5, 0.6) is 5.75 Å². The maximum absolute atomic E-state index is 12.6. The zero-order valence-corrected chi connectivity index (χ0v) is 15.3. The molecule has 0 amide bonds. The van der Waals surface area contributed by atoms with E-state index < -0.39 is 17.1 Å². The number of fused-ring (bicyclic) bond motifs is 2. The molecule has 0 saturated heterocycles. The lowest BCUT2D eigenvalue weighted by Gasteiger charge is -2.12. The van der Waals surface area contributed by atoms with Gasteiger partial charge in [0.25, 0.3) is 5.56 Å². The Morgan fingerprint density at radius 2 is 1.89 bits per heavy atom. The molecule has 0 radical (unpaired) electrons. The molecule has 28 heavy (non-hydrogen) atoms. The quantitative estimate of drug-likeness (QED) is 0.511. The molecule has 0 fully saturated rings. The Bertz CT molecular complexity index is 1350. The van der Waals surface area contributed by atoms with Gasteiger partial charge in [0.05, 0.1) is 10.9 Å². The molecule has 4 aromatic rings. The number of hydrogen-bond acceptors (Lipinski definition) is 6. The molecule has 0 bridgehead atoms. The number of carbonyl (C=O) groups excluding carboxylic acids is 1. The fraction of sp³-hybridized carbons (Fsp3) is 0.143. The summed E-state index contributed by atoms with van der Waals surface area (Å²) in [4.78, 5) is 40.6. The van der Waals surface area contributed by atoms with Crippen molar-refractivity contribution in [1.82, 2.24) is 9.55 Å². The lowest BCUT2D eigenvalue weighted by atomic mass is 10.1. The normalized spacial score (nSPS) is 11.1. The van der Waals surface area contributed by atoms with Crippen LogP contribution in [0.3, 0.4) is 0 Å². The molecule has 0 saturated carbocycles. The van der Waals surface area contributed by atoms with Crippen LogP contribution < -0.4 is 15.9 Å². The SMILES string of the molecule is CC(=O)n1c(COc2ccc3c(C)cc(=O)oc3c2)nc2ccccc2c1=O. The van der Waals surface area contributed by atoms with Gasteiger partial charge in [0.2, 0.25) is 5.91 Å². The number of rotatable bonds is 3. The highest BCUT2D eigenvalue weighted by Gasteiger charge is 2.15. The maximum atomic E-state index is 12.6. The van der Waals surface area contributed by atoms with Crippen molar-refractivity contribution in [2.75, 3.05) is 0 Å². The third kappa shape index (κ3) is 3.07. The second kappa shape index (κ2) is 6.77. The van der Waals surface area contributed by atoms with Gasteiger partial charge in [-0.2, -0.15) is 0 Å². The minimum absolute atomic E-state index is 0.0960. The second-order valence-electron chi connectivity index (χ2n) is 6.40. The van der Waals surface area contributed by atoms with Crippen LogP contribution in [-0.2, 0) is 6.61 Å². The summed E-state index contributed by atoms with van der Waals surface area (Å²) >= 11 is 0. The molecule has 0 aliphatic heterocycles. The van der Waals surface area contributed by atoms with Crippen LogP contribution >= 0.6 is 0 Å². The van der Waals surface area contributed by atoms with E-state index in [9.17, 15) is 14.4 Å². The third-order valence-electron chi connectivity index (χ3n) is 4.45. The molecule has 7 heteroatoms. The molecule has 0 atom stereocenters. The van der Waals surface area contributed by atoms with Gasteiger partial charge in [-0.05, 0) is 36.8 Å². The van der Waals surface area contributed by atoms with E-state index in [0.717, 1.165) is 15.5 Å². The Morgan fingerprint density at radius 3 is 2.68 bits per heavy atom. The first-order valence-corrected chi connectivity index (χ1v) is 8.63. The second-order valence-corrected chi connectivity index (χ2v) is 6.40. The molecule has 7 nitrogen and oxygen atoms in total. The van der Waals surface area contributed by atoms with Gasteiger partial charge in [-0.15, -0.1) is 0 Å². The Balaban J connectivity index is 1.74. The van der Waals surface area contributed by atoms with Gasteiger partial charge in [0.1, 0.15) is 17.9 Å². The Labute approximate surface area is 158 Å². The van der Waals surface area contributed by atoms with Crippen molar-refractivity contribution in [3.63, 3.8) is 0 Å². The first-order chi connectivity index (χ1) is 13.4. The van der Waals surface area contributed by atoms with Gasteiger partial charge in [0, 0.05) is 24.4 Å². The van der Waals surface area contributed by atoms with E-state index in [4.69, 9.17) is 9.15 Å². The fourth-order valence-electron chi connectivity index (χ4n) is 3.14. The molecule has 2 aromatic heterocycles. The van der Waals surface area contributed by atoms with Gasteiger partial charge < -0.3 is 9.15 Å². The van der Waals surface area contributed by atoms with Crippen LogP contribution in [0.1, 0.15) is 23.1 Å². The predicted octanol–water partition coefficient (Wildman–Crippen LogP) is 3.05. The van der Waals surface area contributed by atoms with E-state index in [1.54, 1.807) is 42.5 Å². The lowest BCUT2D eigenvalue weighted by molar-refractivity contribution is 0.0922. The number of nitrogens with zero attached hydrogens (tertiary/aromatic N) is 2. The van der Waals surface area contributed by atoms with Crippen LogP contribution in [0.15, 0.2) is 62.5 Å². The summed E-state index contributed by atoms with van der Waals surface area (Å²) in [6.45, 7) is 3.03. The van der Waals surface area contributed by atoms with Crippen molar-refractivity contribution in [1.29, 1.82) is 0 Å². The average molecular weight is 376 g/mol. The van der Waals surface area contributed by atoms with Crippen LogP contribution in [-0.4, -0.2) is 15.5 Å². The highest BCUT2D eigenvalue weighted by atomic mass is 16.5. The number of aryl methyl sites for hydroxylation is 1. The van der Waals surface area contributed by atoms with E-state index in [-0.39, 0.29) is 12.4 Å². The Kier molecular flexibility index (Phi) is 4.27. The van der Waals surface area contributed by atoms with E-state index in [1.165, 1.54) is 13.0 Å². The molecule has 0 N–H and O–H groups in total. The molecule has 0 unspecified atom stereocenters. The molecular formula is C21H16N2O5. The first-order valence-electron chi connectivity index (χ1n) is 8.63. The van der Waals surface area contributed by atoms with Crippen LogP contribution in [0.2, 0.25) is 0 Å². The molecule has 0 spiro atoms. The number of hydrogen-bond donors (Lipinski definition) is 0. The molecule has 0 aliphatic rings. The molecule has 4 rings (SSSR count). The van der Waals surface area contributed by atoms with Crippen molar-refractivity contribution in [2.24, 2.45) is 0 Å². The number of para-hydroxylation sites is 1. The van der Waals surface area contributed by atoms with Crippen molar-refractivity contribution in [2.45, 2.75) is 20.5 Å². The van der Waals surface area contributed by atoms with E-state index in [0.29, 0.717) is 22.2 Å². The largest absolute Gasteiger partial charge is 0.486 e. The van der Waals surface area contributed by atoms with Crippen molar-refractivity contribution in [3.8, 4) is 5.75 Å². The number of ether oxygens (including phenoxy) is 1.